The summed E-state index contributed by atoms with van der Waals surface area (Å²) in [5, 5.41) is 20.1. The maximum atomic E-state index is 11.3. The Morgan fingerprint density at radius 3 is 2.40 bits per heavy atom. The molecule has 0 aliphatic carbocycles. The summed E-state index contributed by atoms with van der Waals surface area (Å²) in [7, 11) is 1.43. The van der Waals surface area contributed by atoms with Gasteiger partial charge in [-0.3, -0.25) is 10.1 Å². The third-order valence-electron chi connectivity index (χ3n) is 2.76. The summed E-state index contributed by atoms with van der Waals surface area (Å²) >= 11 is 0. The van der Waals surface area contributed by atoms with Crippen LogP contribution >= 0.6 is 0 Å². The lowest BCUT2D eigenvalue weighted by Gasteiger charge is -2.19. The monoisotopic (exact) mass is 279 g/mol. The molecule has 0 fully saturated rings. The van der Waals surface area contributed by atoms with Crippen LogP contribution in [0.4, 0.5) is 5.69 Å². The second-order valence-electron chi connectivity index (χ2n) is 5.30. The van der Waals surface area contributed by atoms with Crippen LogP contribution < -0.4 is 4.74 Å². The van der Waals surface area contributed by atoms with Crippen molar-refractivity contribution >= 4 is 17.7 Å². The predicted molar refractivity (Wildman–Crippen MR) is 74.7 cm³/mol. The number of carbonyl (C=O) groups is 1. The number of nitro benzene ring substituents is 1. The maximum Gasteiger partial charge on any atom is 0.332 e. The largest absolute Gasteiger partial charge is 0.496 e. The van der Waals surface area contributed by atoms with Gasteiger partial charge in [0.15, 0.2) is 0 Å². The van der Waals surface area contributed by atoms with E-state index in [1.54, 1.807) is 20.8 Å². The van der Waals surface area contributed by atoms with Crippen molar-refractivity contribution in [3.63, 3.8) is 0 Å². The van der Waals surface area contributed by atoms with E-state index in [2.05, 4.69) is 0 Å². The molecule has 0 saturated carbocycles. The SMILES string of the molecule is COc1ccc([N+](=O)[O-])cc1C=C(C(=O)O)C(C)(C)C. The van der Waals surface area contributed by atoms with Crippen molar-refractivity contribution in [2.24, 2.45) is 5.41 Å². The van der Waals surface area contributed by atoms with Gasteiger partial charge in [-0.15, -0.1) is 0 Å². The Hall–Kier alpha value is -2.37. The molecule has 0 aliphatic heterocycles. The van der Waals surface area contributed by atoms with E-state index in [-0.39, 0.29) is 11.3 Å². The van der Waals surface area contributed by atoms with Gasteiger partial charge in [0.2, 0.25) is 0 Å². The van der Waals surface area contributed by atoms with E-state index in [4.69, 9.17) is 4.74 Å². The molecular weight excluding hydrogens is 262 g/mol. The third-order valence-corrected chi connectivity index (χ3v) is 2.76. The average molecular weight is 279 g/mol. The zero-order valence-corrected chi connectivity index (χ0v) is 11.8. The van der Waals surface area contributed by atoms with Crippen molar-refractivity contribution in [1.29, 1.82) is 0 Å². The fourth-order valence-corrected chi connectivity index (χ4v) is 1.70. The minimum Gasteiger partial charge on any atom is -0.496 e. The summed E-state index contributed by atoms with van der Waals surface area (Å²) in [6.07, 6.45) is 1.41. The van der Waals surface area contributed by atoms with E-state index in [1.807, 2.05) is 0 Å². The number of hydrogen-bond donors (Lipinski definition) is 1. The number of methoxy groups -OCH3 is 1. The number of carboxylic acid groups (broad SMARTS) is 1. The van der Waals surface area contributed by atoms with Crippen LogP contribution in [0.1, 0.15) is 26.3 Å². The van der Waals surface area contributed by atoms with Crippen molar-refractivity contribution in [3.8, 4) is 5.75 Å². The lowest BCUT2D eigenvalue weighted by Crippen LogP contribution is -2.17. The van der Waals surface area contributed by atoms with Gasteiger partial charge in [-0.2, -0.15) is 0 Å². The molecule has 1 aromatic rings. The number of benzene rings is 1. The first-order valence-corrected chi connectivity index (χ1v) is 5.94. The molecule has 1 aromatic carbocycles. The molecule has 1 N–H and O–H groups in total. The Balaban J connectivity index is 3.46. The smallest absolute Gasteiger partial charge is 0.332 e. The number of non-ortho nitro benzene ring substituents is 1. The second kappa shape index (κ2) is 5.73. The normalized spacial score (nSPS) is 12.1. The van der Waals surface area contributed by atoms with Crippen LogP contribution in [-0.4, -0.2) is 23.1 Å². The molecule has 0 radical (unpaired) electrons. The molecule has 6 nitrogen and oxygen atoms in total. The molecule has 0 bridgehead atoms. The molecule has 0 saturated heterocycles. The number of aliphatic carboxylic acids is 1. The molecule has 0 atom stereocenters. The molecule has 0 aliphatic rings. The van der Waals surface area contributed by atoms with E-state index in [0.29, 0.717) is 11.3 Å². The van der Waals surface area contributed by atoms with Crippen molar-refractivity contribution in [2.45, 2.75) is 20.8 Å². The summed E-state index contributed by atoms with van der Waals surface area (Å²) in [4.78, 5) is 21.6. The Bertz CT molecular complexity index is 569. The quantitative estimate of drug-likeness (QED) is 0.519. The third kappa shape index (κ3) is 3.57. The molecule has 0 heterocycles. The first-order valence-electron chi connectivity index (χ1n) is 5.94. The molecule has 0 aromatic heterocycles. The van der Waals surface area contributed by atoms with Crippen LogP contribution in [0.2, 0.25) is 0 Å². The van der Waals surface area contributed by atoms with Crippen LogP contribution in [0.15, 0.2) is 23.8 Å². The van der Waals surface area contributed by atoms with E-state index in [0.717, 1.165) is 0 Å². The van der Waals surface area contributed by atoms with Gasteiger partial charge in [-0.25, -0.2) is 4.79 Å². The summed E-state index contributed by atoms with van der Waals surface area (Å²) in [5.41, 5.74) is -0.192. The van der Waals surface area contributed by atoms with Gasteiger partial charge in [0.25, 0.3) is 5.69 Å². The molecule has 108 valence electrons. The first-order chi connectivity index (χ1) is 9.16. The standard InChI is InChI=1S/C14H17NO5/c1-14(2,3)11(13(16)17)8-9-7-10(15(18)19)5-6-12(9)20-4/h5-8H,1-4H3,(H,16,17). The van der Waals surface area contributed by atoms with E-state index >= 15 is 0 Å². The van der Waals surface area contributed by atoms with E-state index < -0.39 is 16.3 Å². The number of nitrogens with zero attached hydrogens (tertiary/aromatic N) is 1. The van der Waals surface area contributed by atoms with Gasteiger partial charge in [0.1, 0.15) is 5.75 Å². The summed E-state index contributed by atoms with van der Waals surface area (Å²) in [6.45, 7) is 5.28. The zero-order chi connectivity index (χ0) is 15.5. The van der Waals surface area contributed by atoms with E-state index in [9.17, 15) is 20.0 Å². The molecule has 0 unspecified atom stereocenters. The lowest BCUT2D eigenvalue weighted by molar-refractivity contribution is -0.384. The second-order valence-corrected chi connectivity index (χ2v) is 5.30. The summed E-state index contributed by atoms with van der Waals surface area (Å²) in [5.74, 6) is -0.676. The lowest BCUT2D eigenvalue weighted by atomic mass is 9.85. The fraction of sp³-hybridized carbons (Fsp3) is 0.357. The number of hydrogen-bond acceptors (Lipinski definition) is 4. The van der Waals surface area contributed by atoms with Crippen molar-refractivity contribution in [1.82, 2.24) is 0 Å². The predicted octanol–water partition coefficient (Wildman–Crippen LogP) is 3.12. The highest BCUT2D eigenvalue weighted by atomic mass is 16.6. The highest BCUT2D eigenvalue weighted by Gasteiger charge is 2.24. The van der Waals surface area contributed by atoms with Crippen LogP contribution in [0.5, 0.6) is 5.75 Å². The molecule has 6 heteroatoms. The van der Waals surface area contributed by atoms with Crippen LogP contribution in [0.25, 0.3) is 6.08 Å². The number of carboxylic acids is 1. The Kier molecular flexibility index (Phi) is 4.49. The van der Waals surface area contributed by atoms with Gasteiger partial charge in [0, 0.05) is 23.3 Å². The van der Waals surface area contributed by atoms with Crippen molar-refractivity contribution < 1.29 is 19.6 Å². The molecule has 0 spiro atoms. The minimum atomic E-state index is -1.06. The molecule has 20 heavy (non-hydrogen) atoms. The Labute approximate surface area is 116 Å². The number of nitro groups is 1. The first kappa shape index (κ1) is 15.7. The Morgan fingerprint density at radius 1 is 1.40 bits per heavy atom. The number of rotatable bonds is 4. The van der Waals surface area contributed by atoms with Gasteiger partial charge >= 0.3 is 5.97 Å². The zero-order valence-electron chi connectivity index (χ0n) is 11.8. The number of ether oxygens (including phenoxy) is 1. The Morgan fingerprint density at radius 2 is 2.00 bits per heavy atom. The highest BCUT2D eigenvalue weighted by Crippen LogP contribution is 2.32. The van der Waals surface area contributed by atoms with Crippen LogP contribution in [-0.2, 0) is 4.79 Å². The van der Waals surface area contributed by atoms with E-state index in [1.165, 1.54) is 31.4 Å². The summed E-state index contributed by atoms with van der Waals surface area (Å²) < 4.78 is 5.11. The highest BCUT2D eigenvalue weighted by molar-refractivity contribution is 5.94. The fourth-order valence-electron chi connectivity index (χ4n) is 1.70. The van der Waals surface area contributed by atoms with Gasteiger partial charge in [0.05, 0.1) is 12.0 Å². The molecule has 1 rings (SSSR count). The van der Waals surface area contributed by atoms with Gasteiger partial charge < -0.3 is 9.84 Å². The van der Waals surface area contributed by atoms with Gasteiger partial charge in [-0.1, -0.05) is 20.8 Å². The molecular formula is C14H17NO5. The minimum absolute atomic E-state index is 0.115. The summed E-state index contributed by atoms with van der Waals surface area (Å²) in [6, 6.07) is 4.06. The average Bonchev–Trinajstić information content (AvgIpc) is 2.33. The van der Waals surface area contributed by atoms with Crippen molar-refractivity contribution in [2.75, 3.05) is 7.11 Å². The van der Waals surface area contributed by atoms with Crippen LogP contribution in [0, 0.1) is 15.5 Å². The van der Waals surface area contributed by atoms with Crippen LogP contribution in [0.3, 0.4) is 0 Å². The topological polar surface area (TPSA) is 89.7 Å². The maximum absolute atomic E-state index is 11.3. The molecule has 0 amide bonds. The van der Waals surface area contributed by atoms with Gasteiger partial charge in [-0.05, 0) is 17.6 Å². The van der Waals surface area contributed by atoms with Crippen molar-refractivity contribution in [3.05, 3.63) is 39.4 Å².